The lowest BCUT2D eigenvalue weighted by atomic mass is 10.2. The zero-order valence-electron chi connectivity index (χ0n) is 15.8. The van der Waals surface area contributed by atoms with Crippen molar-refractivity contribution in [3.8, 4) is 10.6 Å². The molecule has 1 fully saturated rings. The van der Waals surface area contributed by atoms with Crippen LogP contribution in [0, 0.1) is 0 Å². The van der Waals surface area contributed by atoms with E-state index in [1.54, 1.807) is 11.3 Å². The van der Waals surface area contributed by atoms with Crippen molar-refractivity contribution >= 4 is 22.9 Å². The number of piperazine rings is 1. The molecule has 2 aromatic carbocycles. The van der Waals surface area contributed by atoms with Crippen LogP contribution < -0.4 is 5.32 Å². The standard InChI is InChI=1S/C22H24N4OS/c27-21(23-19-9-5-2-6-10-19)16-26-13-11-25(12-14-26)15-20-17-28-22(24-20)18-7-3-1-4-8-18/h1-10,17H,11-16H2,(H,23,27). The summed E-state index contributed by atoms with van der Waals surface area (Å²) in [5.74, 6) is 0.0478. The molecule has 1 aliphatic rings. The maximum absolute atomic E-state index is 12.2. The molecule has 0 unspecified atom stereocenters. The Kier molecular flexibility index (Phi) is 6.11. The van der Waals surface area contributed by atoms with Crippen LogP contribution in [0.4, 0.5) is 5.69 Å². The number of para-hydroxylation sites is 1. The lowest BCUT2D eigenvalue weighted by Gasteiger charge is -2.33. The summed E-state index contributed by atoms with van der Waals surface area (Å²) in [6.07, 6.45) is 0. The maximum Gasteiger partial charge on any atom is 0.238 e. The van der Waals surface area contributed by atoms with Crippen molar-refractivity contribution in [2.24, 2.45) is 0 Å². The number of nitrogens with one attached hydrogen (secondary N) is 1. The van der Waals surface area contributed by atoms with Gasteiger partial charge in [-0.2, -0.15) is 0 Å². The van der Waals surface area contributed by atoms with E-state index in [0.717, 1.165) is 49.1 Å². The summed E-state index contributed by atoms with van der Waals surface area (Å²) in [4.78, 5) is 21.6. The van der Waals surface area contributed by atoms with Gasteiger partial charge in [0.25, 0.3) is 0 Å². The van der Waals surface area contributed by atoms with Crippen LogP contribution in [0.5, 0.6) is 0 Å². The quantitative estimate of drug-likeness (QED) is 0.697. The Balaban J connectivity index is 1.23. The van der Waals surface area contributed by atoms with Crippen LogP contribution >= 0.6 is 11.3 Å². The van der Waals surface area contributed by atoms with Crippen LogP contribution in [-0.2, 0) is 11.3 Å². The van der Waals surface area contributed by atoms with E-state index < -0.39 is 0 Å². The Hall–Kier alpha value is -2.54. The first-order valence-electron chi connectivity index (χ1n) is 9.56. The van der Waals surface area contributed by atoms with Crippen molar-refractivity contribution in [3.63, 3.8) is 0 Å². The van der Waals surface area contributed by atoms with E-state index in [1.165, 1.54) is 5.56 Å². The molecule has 0 spiro atoms. The van der Waals surface area contributed by atoms with Gasteiger partial charge in [0, 0.05) is 49.4 Å². The third kappa shape index (κ3) is 5.04. The summed E-state index contributed by atoms with van der Waals surface area (Å²) >= 11 is 1.70. The Labute approximate surface area is 169 Å². The molecule has 0 saturated carbocycles. The number of amides is 1. The van der Waals surface area contributed by atoms with Gasteiger partial charge in [-0.1, -0.05) is 48.5 Å². The Morgan fingerprint density at radius 2 is 1.57 bits per heavy atom. The second-order valence-corrected chi connectivity index (χ2v) is 7.83. The van der Waals surface area contributed by atoms with Gasteiger partial charge in [-0.15, -0.1) is 11.3 Å². The molecule has 0 aliphatic carbocycles. The molecule has 3 aromatic rings. The Morgan fingerprint density at radius 1 is 0.929 bits per heavy atom. The third-order valence-electron chi connectivity index (χ3n) is 4.85. The summed E-state index contributed by atoms with van der Waals surface area (Å²) < 4.78 is 0. The van der Waals surface area contributed by atoms with E-state index >= 15 is 0 Å². The Morgan fingerprint density at radius 3 is 2.29 bits per heavy atom. The van der Waals surface area contributed by atoms with Gasteiger partial charge in [0.05, 0.1) is 12.2 Å². The summed E-state index contributed by atoms with van der Waals surface area (Å²) in [6.45, 7) is 5.02. The molecule has 1 saturated heterocycles. The minimum absolute atomic E-state index is 0.0478. The van der Waals surface area contributed by atoms with Crippen LogP contribution in [0.2, 0.25) is 0 Å². The van der Waals surface area contributed by atoms with Crippen molar-refractivity contribution in [1.82, 2.24) is 14.8 Å². The topological polar surface area (TPSA) is 48.5 Å². The van der Waals surface area contributed by atoms with E-state index in [9.17, 15) is 4.79 Å². The number of rotatable bonds is 6. The number of carbonyl (C=O) groups excluding carboxylic acids is 1. The lowest BCUT2D eigenvalue weighted by Crippen LogP contribution is -2.48. The summed E-state index contributed by atoms with van der Waals surface area (Å²) in [7, 11) is 0. The minimum atomic E-state index is 0.0478. The van der Waals surface area contributed by atoms with Crippen LogP contribution in [0.1, 0.15) is 5.69 Å². The van der Waals surface area contributed by atoms with Gasteiger partial charge >= 0.3 is 0 Å². The van der Waals surface area contributed by atoms with Crippen molar-refractivity contribution in [1.29, 1.82) is 0 Å². The molecular formula is C22H24N4OS. The van der Waals surface area contributed by atoms with Crippen LogP contribution in [-0.4, -0.2) is 53.4 Å². The van der Waals surface area contributed by atoms with E-state index in [4.69, 9.17) is 4.98 Å². The molecular weight excluding hydrogens is 368 g/mol. The van der Waals surface area contributed by atoms with Crippen LogP contribution in [0.3, 0.4) is 0 Å². The molecule has 28 heavy (non-hydrogen) atoms. The molecule has 0 bridgehead atoms. The number of aromatic nitrogens is 1. The number of carbonyl (C=O) groups is 1. The molecule has 0 atom stereocenters. The molecule has 1 amide bonds. The van der Waals surface area contributed by atoms with Gasteiger partial charge in [0.15, 0.2) is 0 Å². The van der Waals surface area contributed by atoms with Gasteiger partial charge in [-0.3, -0.25) is 14.6 Å². The molecule has 144 valence electrons. The molecule has 1 N–H and O–H groups in total. The van der Waals surface area contributed by atoms with Crippen molar-refractivity contribution in [2.45, 2.75) is 6.54 Å². The summed E-state index contributed by atoms with van der Waals surface area (Å²) in [6, 6.07) is 19.9. The van der Waals surface area contributed by atoms with Gasteiger partial charge < -0.3 is 5.32 Å². The molecule has 0 radical (unpaired) electrons. The smallest absolute Gasteiger partial charge is 0.238 e. The predicted molar refractivity (Wildman–Crippen MR) is 114 cm³/mol. The van der Waals surface area contributed by atoms with Gasteiger partial charge in [-0.25, -0.2) is 4.98 Å². The Bertz CT molecular complexity index is 889. The second-order valence-electron chi connectivity index (χ2n) is 6.98. The molecule has 5 nitrogen and oxygen atoms in total. The number of hydrogen-bond acceptors (Lipinski definition) is 5. The van der Waals surface area contributed by atoms with Gasteiger partial charge in [-0.05, 0) is 12.1 Å². The largest absolute Gasteiger partial charge is 0.325 e. The molecule has 6 heteroatoms. The highest BCUT2D eigenvalue weighted by molar-refractivity contribution is 7.13. The van der Waals surface area contributed by atoms with Crippen LogP contribution in [0.15, 0.2) is 66.0 Å². The van der Waals surface area contributed by atoms with E-state index in [1.807, 2.05) is 48.5 Å². The molecule has 4 rings (SSSR count). The summed E-state index contributed by atoms with van der Waals surface area (Å²) in [5, 5.41) is 6.19. The fraction of sp³-hybridized carbons (Fsp3) is 0.273. The van der Waals surface area contributed by atoms with Gasteiger partial charge in [0.1, 0.15) is 5.01 Å². The molecule has 2 heterocycles. The number of nitrogens with zero attached hydrogens (tertiary/aromatic N) is 3. The first-order valence-corrected chi connectivity index (χ1v) is 10.4. The molecule has 1 aliphatic heterocycles. The van der Waals surface area contributed by atoms with E-state index in [0.29, 0.717) is 6.54 Å². The minimum Gasteiger partial charge on any atom is -0.325 e. The van der Waals surface area contributed by atoms with E-state index in [-0.39, 0.29) is 5.91 Å². The highest BCUT2D eigenvalue weighted by Gasteiger charge is 2.20. The first kappa shape index (κ1) is 18.8. The maximum atomic E-state index is 12.2. The highest BCUT2D eigenvalue weighted by atomic mass is 32.1. The highest BCUT2D eigenvalue weighted by Crippen LogP contribution is 2.24. The number of hydrogen-bond donors (Lipinski definition) is 1. The third-order valence-corrected chi connectivity index (χ3v) is 5.79. The van der Waals surface area contributed by atoms with Crippen LogP contribution in [0.25, 0.3) is 10.6 Å². The second kappa shape index (κ2) is 9.10. The predicted octanol–water partition coefficient (Wildman–Crippen LogP) is 3.57. The average molecular weight is 393 g/mol. The van der Waals surface area contributed by atoms with Crippen molar-refractivity contribution < 1.29 is 4.79 Å². The zero-order valence-corrected chi connectivity index (χ0v) is 16.6. The lowest BCUT2D eigenvalue weighted by molar-refractivity contribution is -0.117. The van der Waals surface area contributed by atoms with Crippen molar-refractivity contribution in [3.05, 3.63) is 71.7 Å². The number of benzene rings is 2. The summed E-state index contributed by atoms with van der Waals surface area (Å²) in [5.41, 5.74) is 3.15. The SMILES string of the molecule is O=C(CN1CCN(Cc2csc(-c3ccccc3)n2)CC1)Nc1ccccc1. The first-order chi connectivity index (χ1) is 13.8. The zero-order chi connectivity index (χ0) is 19.2. The van der Waals surface area contributed by atoms with Gasteiger partial charge in [0.2, 0.25) is 5.91 Å². The fourth-order valence-corrected chi connectivity index (χ4v) is 4.17. The number of anilines is 1. The molecule has 1 aromatic heterocycles. The monoisotopic (exact) mass is 392 g/mol. The van der Waals surface area contributed by atoms with Crippen molar-refractivity contribution in [2.75, 3.05) is 38.0 Å². The fourth-order valence-electron chi connectivity index (χ4n) is 3.35. The average Bonchev–Trinajstić information content (AvgIpc) is 3.19. The number of thiazole rings is 1. The van der Waals surface area contributed by atoms with E-state index in [2.05, 4.69) is 32.6 Å². The normalized spacial score (nSPS) is 15.4.